The Labute approximate surface area is 169 Å². The number of aryl methyl sites for hydroxylation is 2. The van der Waals surface area contributed by atoms with Crippen molar-refractivity contribution in [1.82, 2.24) is 40.1 Å². The van der Waals surface area contributed by atoms with Crippen LogP contribution in [0.25, 0.3) is 10.9 Å². The van der Waals surface area contributed by atoms with Gasteiger partial charge in [0.25, 0.3) is 0 Å². The van der Waals surface area contributed by atoms with Crippen LogP contribution in [-0.2, 0) is 17.8 Å². The van der Waals surface area contributed by atoms with Gasteiger partial charge in [-0.05, 0) is 59.0 Å². The van der Waals surface area contributed by atoms with Crippen LogP contribution in [-0.4, -0.2) is 55.0 Å². The Morgan fingerprint density at radius 2 is 2.17 bits per heavy atom. The average molecular weight is 394 g/mol. The maximum atomic E-state index is 5.17. The number of imidazole rings is 1. The molecule has 0 saturated carbocycles. The molecule has 29 heavy (non-hydrogen) atoms. The topological polar surface area (TPSA) is 98.5 Å². The number of ether oxygens (including phenoxy) is 1. The molecule has 4 rings (SSSR count). The minimum Gasteiger partial charge on any atom is -0.385 e. The highest BCUT2D eigenvalue weighted by molar-refractivity contribution is 5.80. The third-order valence-corrected chi connectivity index (χ3v) is 4.95. The minimum absolute atomic E-state index is 0.0883. The van der Waals surface area contributed by atoms with Gasteiger partial charge in [0.05, 0.1) is 12.4 Å². The van der Waals surface area contributed by atoms with E-state index in [1.807, 2.05) is 23.4 Å². The first-order valence-electron chi connectivity index (χ1n) is 9.86. The lowest BCUT2D eigenvalue weighted by atomic mass is 10.0. The van der Waals surface area contributed by atoms with Crippen molar-refractivity contribution in [3.05, 3.63) is 60.6 Å². The molecule has 4 aromatic rings. The summed E-state index contributed by atoms with van der Waals surface area (Å²) >= 11 is 0. The fourth-order valence-electron chi connectivity index (χ4n) is 3.47. The number of benzene rings is 1. The van der Waals surface area contributed by atoms with Gasteiger partial charge in [0.1, 0.15) is 0 Å². The Morgan fingerprint density at radius 1 is 1.21 bits per heavy atom. The zero-order chi connectivity index (χ0) is 19.9. The minimum atomic E-state index is -0.0883. The van der Waals surface area contributed by atoms with E-state index < -0.39 is 0 Å². The highest BCUT2D eigenvalue weighted by atomic mass is 16.5. The van der Waals surface area contributed by atoms with E-state index in [1.165, 1.54) is 5.39 Å². The second-order valence-electron chi connectivity index (χ2n) is 6.97. The Kier molecular flexibility index (Phi) is 6.28. The summed E-state index contributed by atoms with van der Waals surface area (Å²) in [7, 11) is 1.71. The van der Waals surface area contributed by atoms with Gasteiger partial charge >= 0.3 is 0 Å². The van der Waals surface area contributed by atoms with Gasteiger partial charge in [-0.2, -0.15) is 0 Å². The fraction of sp³-hybridized carbons (Fsp3) is 0.400. The molecule has 0 aliphatic carbocycles. The van der Waals surface area contributed by atoms with E-state index >= 15 is 0 Å². The number of tetrazole rings is 1. The molecule has 0 radical (unpaired) electrons. The van der Waals surface area contributed by atoms with Gasteiger partial charge in [-0.25, -0.2) is 9.67 Å². The number of H-pyrrole nitrogens is 1. The van der Waals surface area contributed by atoms with Gasteiger partial charge in [-0.3, -0.25) is 0 Å². The van der Waals surface area contributed by atoms with Crippen LogP contribution in [0.4, 0.5) is 0 Å². The van der Waals surface area contributed by atoms with Crippen molar-refractivity contribution in [3.8, 4) is 0 Å². The number of hydrogen-bond acceptors (Lipinski definition) is 6. The quantitative estimate of drug-likeness (QED) is 0.378. The number of nitrogens with zero attached hydrogens (tertiary/aromatic N) is 6. The number of nitrogens with one attached hydrogen (secondary N) is 2. The molecule has 0 fully saturated rings. The van der Waals surface area contributed by atoms with Gasteiger partial charge < -0.3 is 19.6 Å². The van der Waals surface area contributed by atoms with Gasteiger partial charge in [-0.15, -0.1) is 5.10 Å². The lowest BCUT2D eigenvalue weighted by Crippen LogP contribution is -2.27. The predicted molar refractivity (Wildman–Crippen MR) is 109 cm³/mol. The Hall–Kier alpha value is -3.04. The Bertz CT molecular complexity index is 1010. The van der Waals surface area contributed by atoms with Gasteiger partial charge in [0.15, 0.2) is 5.82 Å². The number of aromatic nitrogens is 7. The van der Waals surface area contributed by atoms with Crippen molar-refractivity contribution in [2.45, 2.75) is 32.0 Å². The van der Waals surface area contributed by atoms with E-state index in [0.29, 0.717) is 6.61 Å². The number of methoxy groups -OCH3 is 1. The maximum Gasteiger partial charge on any atom is 0.172 e. The summed E-state index contributed by atoms with van der Waals surface area (Å²) in [6.07, 6.45) is 9.41. The number of rotatable bonds is 11. The molecule has 1 atom stereocenters. The predicted octanol–water partition coefficient (Wildman–Crippen LogP) is 2.16. The Morgan fingerprint density at radius 3 is 3.03 bits per heavy atom. The zero-order valence-electron chi connectivity index (χ0n) is 16.5. The van der Waals surface area contributed by atoms with Crippen molar-refractivity contribution in [2.75, 3.05) is 20.3 Å². The van der Waals surface area contributed by atoms with Gasteiger partial charge in [0, 0.05) is 50.9 Å². The lowest BCUT2D eigenvalue weighted by Gasteiger charge is -2.19. The molecule has 2 N–H and O–H groups in total. The van der Waals surface area contributed by atoms with Crippen molar-refractivity contribution in [3.63, 3.8) is 0 Å². The zero-order valence-corrected chi connectivity index (χ0v) is 16.5. The van der Waals surface area contributed by atoms with E-state index in [2.05, 4.69) is 59.6 Å². The van der Waals surface area contributed by atoms with Gasteiger partial charge in [-0.1, -0.05) is 6.07 Å². The summed E-state index contributed by atoms with van der Waals surface area (Å²) in [5.74, 6) is 0.818. The van der Waals surface area contributed by atoms with Crippen LogP contribution in [0.15, 0.2) is 49.2 Å². The van der Waals surface area contributed by atoms with Gasteiger partial charge in [0.2, 0.25) is 0 Å². The summed E-state index contributed by atoms with van der Waals surface area (Å²) in [5.41, 5.74) is 2.26. The molecule has 0 aliphatic heterocycles. The number of fused-ring (bicyclic) bond motifs is 1. The number of aromatic amines is 1. The molecule has 152 valence electrons. The van der Waals surface area contributed by atoms with E-state index in [0.717, 1.165) is 49.4 Å². The van der Waals surface area contributed by atoms with Crippen LogP contribution < -0.4 is 5.32 Å². The molecular weight excluding hydrogens is 368 g/mol. The first-order valence-corrected chi connectivity index (χ1v) is 9.86. The van der Waals surface area contributed by atoms with E-state index in [1.54, 1.807) is 13.3 Å². The maximum absolute atomic E-state index is 5.17. The lowest BCUT2D eigenvalue weighted by molar-refractivity contribution is 0.188. The van der Waals surface area contributed by atoms with Crippen LogP contribution in [0, 0.1) is 0 Å². The van der Waals surface area contributed by atoms with Crippen LogP contribution in [0.2, 0.25) is 0 Å². The molecule has 1 aromatic carbocycles. The van der Waals surface area contributed by atoms with Crippen LogP contribution in [0.1, 0.15) is 30.3 Å². The van der Waals surface area contributed by atoms with E-state index in [4.69, 9.17) is 4.74 Å². The SMILES string of the molecule is COCCCn1nnnc1C(NCCCn1ccnc1)c1ccc2[nH]ccc2c1. The first-order chi connectivity index (χ1) is 14.3. The third-order valence-electron chi connectivity index (χ3n) is 4.95. The first kappa shape index (κ1) is 19.3. The summed E-state index contributed by atoms with van der Waals surface area (Å²) < 4.78 is 9.12. The second-order valence-corrected chi connectivity index (χ2v) is 6.97. The summed E-state index contributed by atoms with van der Waals surface area (Å²) in [6.45, 7) is 3.14. The van der Waals surface area contributed by atoms with Crippen molar-refractivity contribution in [2.24, 2.45) is 0 Å². The monoisotopic (exact) mass is 394 g/mol. The van der Waals surface area contributed by atoms with Crippen molar-refractivity contribution in [1.29, 1.82) is 0 Å². The second kappa shape index (κ2) is 9.44. The molecule has 0 saturated heterocycles. The van der Waals surface area contributed by atoms with Crippen LogP contribution in [0.5, 0.6) is 0 Å². The molecule has 0 spiro atoms. The van der Waals surface area contributed by atoms with Crippen LogP contribution in [0.3, 0.4) is 0 Å². The normalized spacial score (nSPS) is 12.6. The molecule has 3 heterocycles. The molecular formula is C20H26N8O. The molecule has 9 heteroatoms. The summed E-state index contributed by atoms with van der Waals surface area (Å²) in [5, 5.41) is 17.3. The molecule has 3 aromatic heterocycles. The molecule has 0 aliphatic rings. The fourth-order valence-corrected chi connectivity index (χ4v) is 3.47. The molecule has 1 unspecified atom stereocenters. The highest BCUT2D eigenvalue weighted by Gasteiger charge is 2.21. The summed E-state index contributed by atoms with van der Waals surface area (Å²) in [4.78, 5) is 7.34. The standard InChI is InChI=1S/C20H26N8O/c1-29-13-3-11-28-20(24-25-26-28)19(23-7-2-10-27-12-9-21-15-27)17-4-5-18-16(14-17)6-8-22-18/h4-6,8-9,12,14-15,19,22-23H,2-3,7,10-11,13H2,1H3. The Balaban J connectivity index is 1.52. The highest BCUT2D eigenvalue weighted by Crippen LogP contribution is 2.24. The molecule has 0 amide bonds. The van der Waals surface area contributed by atoms with E-state index in [9.17, 15) is 0 Å². The molecule has 9 nitrogen and oxygen atoms in total. The van der Waals surface area contributed by atoms with Crippen molar-refractivity contribution >= 4 is 10.9 Å². The molecule has 0 bridgehead atoms. The van der Waals surface area contributed by atoms with E-state index in [-0.39, 0.29) is 6.04 Å². The largest absolute Gasteiger partial charge is 0.385 e. The number of hydrogen-bond donors (Lipinski definition) is 2. The smallest absolute Gasteiger partial charge is 0.172 e. The van der Waals surface area contributed by atoms with Crippen molar-refractivity contribution < 1.29 is 4.74 Å². The third kappa shape index (κ3) is 4.69. The summed E-state index contributed by atoms with van der Waals surface area (Å²) in [6, 6.07) is 8.41. The average Bonchev–Trinajstić information content (AvgIpc) is 3.50. The van der Waals surface area contributed by atoms with Crippen LogP contribution >= 0.6 is 0 Å².